The highest BCUT2D eigenvalue weighted by atomic mass is 19.4. The van der Waals surface area contributed by atoms with E-state index in [2.05, 4.69) is 0 Å². The maximum atomic E-state index is 13.7. The molecule has 23 heavy (non-hydrogen) atoms. The van der Waals surface area contributed by atoms with Gasteiger partial charge in [-0.3, -0.25) is 0 Å². The molecule has 0 atom stereocenters. The fourth-order valence-corrected chi connectivity index (χ4v) is 1.97. The lowest BCUT2D eigenvalue weighted by Crippen LogP contribution is -2.34. The number of phenolic OH excluding ortho intramolecular Hbond substituents is 2. The fraction of sp³-hybridized carbons (Fsp3) is 0.143. The maximum Gasteiger partial charge on any atom is 0.458 e. The molecular formula is C14H11F5N2O2. The number of hydrogen-bond acceptors (Lipinski definition) is 4. The van der Waals surface area contributed by atoms with Gasteiger partial charge in [0.05, 0.1) is 11.4 Å². The number of nitrogens with two attached hydrogens (primary N) is 2. The molecule has 0 aromatic heterocycles. The predicted octanol–water partition coefficient (Wildman–Crippen LogP) is 3.58. The van der Waals surface area contributed by atoms with E-state index in [1.165, 1.54) is 0 Å². The minimum atomic E-state index is -5.87. The Balaban J connectivity index is 2.77. The lowest BCUT2D eigenvalue weighted by molar-refractivity contribution is -0.289. The Morgan fingerprint density at radius 2 is 1.35 bits per heavy atom. The molecule has 0 heterocycles. The van der Waals surface area contributed by atoms with Crippen molar-refractivity contribution in [3.8, 4) is 22.6 Å². The SMILES string of the molecule is Nc1ccc(-c2cc(N)c(O)cc2C(F)(F)C(F)(F)F)cc1O. The predicted molar refractivity (Wildman–Crippen MR) is 74.0 cm³/mol. The Morgan fingerprint density at radius 3 is 1.87 bits per heavy atom. The number of benzene rings is 2. The van der Waals surface area contributed by atoms with Gasteiger partial charge in [-0.05, 0) is 35.4 Å². The molecular weight excluding hydrogens is 323 g/mol. The van der Waals surface area contributed by atoms with Crippen LogP contribution in [0.15, 0.2) is 30.3 Å². The molecule has 124 valence electrons. The summed E-state index contributed by atoms with van der Waals surface area (Å²) in [6.07, 6.45) is -5.87. The zero-order valence-electron chi connectivity index (χ0n) is 11.3. The first kappa shape index (κ1) is 16.7. The molecule has 2 aromatic rings. The van der Waals surface area contributed by atoms with Crippen LogP contribution in [0, 0.1) is 0 Å². The third-order valence-corrected chi connectivity index (χ3v) is 3.20. The number of phenols is 2. The quantitative estimate of drug-likeness (QED) is 0.384. The van der Waals surface area contributed by atoms with E-state index in [-0.39, 0.29) is 17.3 Å². The van der Waals surface area contributed by atoms with E-state index < -0.39 is 40.4 Å². The van der Waals surface area contributed by atoms with Gasteiger partial charge in [0.25, 0.3) is 0 Å². The third-order valence-electron chi connectivity index (χ3n) is 3.20. The minimum Gasteiger partial charge on any atom is -0.506 e. The maximum absolute atomic E-state index is 13.7. The molecule has 9 heteroatoms. The largest absolute Gasteiger partial charge is 0.506 e. The molecule has 0 fully saturated rings. The highest BCUT2D eigenvalue weighted by molar-refractivity contribution is 5.77. The number of hydrogen-bond donors (Lipinski definition) is 4. The zero-order chi connectivity index (χ0) is 17.6. The van der Waals surface area contributed by atoms with E-state index in [4.69, 9.17) is 11.5 Å². The number of nitrogen functional groups attached to an aromatic ring is 2. The number of alkyl halides is 5. The van der Waals surface area contributed by atoms with Crippen molar-refractivity contribution >= 4 is 11.4 Å². The number of anilines is 2. The van der Waals surface area contributed by atoms with E-state index >= 15 is 0 Å². The minimum absolute atomic E-state index is 0.0790. The third kappa shape index (κ3) is 2.81. The Bertz CT molecular complexity index is 760. The second-order valence-corrected chi connectivity index (χ2v) is 4.80. The van der Waals surface area contributed by atoms with Crippen molar-refractivity contribution in [1.82, 2.24) is 0 Å². The van der Waals surface area contributed by atoms with E-state index in [0.717, 1.165) is 24.3 Å². The van der Waals surface area contributed by atoms with E-state index in [1.54, 1.807) is 0 Å². The Morgan fingerprint density at radius 1 is 0.783 bits per heavy atom. The summed E-state index contributed by atoms with van der Waals surface area (Å²) in [4.78, 5) is 0. The van der Waals surface area contributed by atoms with Gasteiger partial charge in [0, 0.05) is 5.56 Å². The van der Waals surface area contributed by atoms with Crippen molar-refractivity contribution in [3.05, 3.63) is 35.9 Å². The molecule has 0 spiro atoms. The average molecular weight is 334 g/mol. The highest BCUT2D eigenvalue weighted by Crippen LogP contribution is 2.49. The second-order valence-electron chi connectivity index (χ2n) is 4.80. The summed E-state index contributed by atoms with van der Waals surface area (Å²) in [7, 11) is 0. The van der Waals surface area contributed by atoms with Gasteiger partial charge in [0.2, 0.25) is 0 Å². The molecule has 0 bridgehead atoms. The van der Waals surface area contributed by atoms with Gasteiger partial charge in [-0.1, -0.05) is 6.07 Å². The van der Waals surface area contributed by atoms with Crippen molar-refractivity contribution in [2.24, 2.45) is 0 Å². The molecule has 4 nitrogen and oxygen atoms in total. The van der Waals surface area contributed by atoms with Gasteiger partial charge in [-0.25, -0.2) is 0 Å². The molecule has 2 rings (SSSR count). The molecule has 2 aromatic carbocycles. The lowest BCUT2D eigenvalue weighted by Gasteiger charge is -2.23. The Labute approximate surface area is 126 Å². The van der Waals surface area contributed by atoms with Gasteiger partial charge < -0.3 is 21.7 Å². The first-order valence-electron chi connectivity index (χ1n) is 6.11. The van der Waals surface area contributed by atoms with Crippen LogP contribution in [-0.4, -0.2) is 16.4 Å². The normalized spacial score (nSPS) is 12.4. The molecule has 0 unspecified atom stereocenters. The monoisotopic (exact) mass is 334 g/mol. The summed E-state index contributed by atoms with van der Waals surface area (Å²) < 4.78 is 65.4. The van der Waals surface area contributed by atoms with Crippen molar-refractivity contribution < 1.29 is 32.2 Å². The zero-order valence-corrected chi connectivity index (χ0v) is 11.3. The van der Waals surface area contributed by atoms with Crippen LogP contribution >= 0.6 is 0 Å². The van der Waals surface area contributed by atoms with Crippen LogP contribution in [0.1, 0.15) is 5.56 Å². The van der Waals surface area contributed by atoms with Gasteiger partial charge in [0.15, 0.2) is 0 Å². The fourth-order valence-electron chi connectivity index (χ4n) is 1.97. The van der Waals surface area contributed by atoms with Crippen molar-refractivity contribution in [3.63, 3.8) is 0 Å². The van der Waals surface area contributed by atoms with Crippen LogP contribution in [-0.2, 0) is 5.92 Å². The second kappa shape index (κ2) is 5.18. The molecule has 0 radical (unpaired) electrons. The number of aromatic hydroxyl groups is 2. The summed E-state index contributed by atoms with van der Waals surface area (Å²) in [5.41, 5.74) is 8.05. The molecule has 0 aliphatic carbocycles. The molecule has 0 saturated heterocycles. The summed E-state index contributed by atoms with van der Waals surface area (Å²) in [6.45, 7) is 0. The molecule has 0 aliphatic rings. The molecule has 0 saturated carbocycles. The molecule has 6 N–H and O–H groups in total. The van der Waals surface area contributed by atoms with Crippen molar-refractivity contribution in [1.29, 1.82) is 0 Å². The summed E-state index contributed by atoms with van der Waals surface area (Å²) in [6, 6.07) is 4.25. The summed E-state index contributed by atoms with van der Waals surface area (Å²) >= 11 is 0. The number of rotatable bonds is 2. The summed E-state index contributed by atoms with van der Waals surface area (Å²) in [5, 5.41) is 18.9. The van der Waals surface area contributed by atoms with Crippen molar-refractivity contribution in [2.75, 3.05) is 11.5 Å². The smallest absolute Gasteiger partial charge is 0.458 e. The molecule has 0 amide bonds. The van der Waals surface area contributed by atoms with Crippen LogP contribution in [0.5, 0.6) is 11.5 Å². The van der Waals surface area contributed by atoms with Crippen molar-refractivity contribution in [2.45, 2.75) is 12.1 Å². The van der Waals surface area contributed by atoms with Crippen LogP contribution in [0.25, 0.3) is 11.1 Å². The van der Waals surface area contributed by atoms with Gasteiger partial charge >= 0.3 is 12.1 Å². The van der Waals surface area contributed by atoms with Crippen LogP contribution in [0.4, 0.5) is 33.3 Å². The van der Waals surface area contributed by atoms with Crippen LogP contribution in [0.3, 0.4) is 0 Å². The lowest BCUT2D eigenvalue weighted by atomic mass is 9.93. The first-order valence-corrected chi connectivity index (χ1v) is 6.11. The Kier molecular flexibility index (Phi) is 3.75. The van der Waals surface area contributed by atoms with Gasteiger partial charge in [-0.2, -0.15) is 22.0 Å². The average Bonchev–Trinajstić information content (AvgIpc) is 2.43. The highest BCUT2D eigenvalue weighted by Gasteiger charge is 2.59. The van der Waals surface area contributed by atoms with Gasteiger partial charge in [-0.15, -0.1) is 0 Å². The molecule has 0 aliphatic heterocycles. The van der Waals surface area contributed by atoms with Crippen LogP contribution in [0.2, 0.25) is 0 Å². The van der Waals surface area contributed by atoms with Gasteiger partial charge in [0.1, 0.15) is 11.5 Å². The van der Waals surface area contributed by atoms with E-state index in [0.29, 0.717) is 0 Å². The van der Waals surface area contributed by atoms with Crippen LogP contribution < -0.4 is 11.5 Å². The summed E-state index contributed by atoms with van der Waals surface area (Å²) in [5.74, 6) is -6.63. The Hall–Kier alpha value is -2.71. The first-order chi connectivity index (χ1) is 10.4. The van der Waals surface area contributed by atoms with E-state index in [1.807, 2.05) is 0 Å². The standard InChI is InChI=1S/C14H11F5N2O2/c15-13(16,14(17,18)19)8-5-12(23)10(21)4-7(8)6-1-2-9(20)11(22)3-6/h1-5,22-23H,20-21H2. The van der Waals surface area contributed by atoms with E-state index in [9.17, 15) is 32.2 Å². The number of halogens is 5. The topological polar surface area (TPSA) is 92.5 Å².